The molecule has 0 radical (unpaired) electrons. The smallest absolute Gasteiger partial charge is 0.348 e. The molecule has 1 aromatic heterocycles. The Labute approximate surface area is 130 Å². The molecule has 2 N–H and O–H groups in total. The minimum Gasteiger partial charge on any atom is -0.465 e. The summed E-state index contributed by atoms with van der Waals surface area (Å²) in [6.45, 7) is 0.392. The highest BCUT2D eigenvalue weighted by molar-refractivity contribution is 9.11. The van der Waals surface area contributed by atoms with Crippen molar-refractivity contribution in [1.82, 2.24) is 4.72 Å². The molecule has 0 aliphatic carbocycles. The van der Waals surface area contributed by atoms with Crippen LogP contribution in [-0.2, 0) is 14.8 Å². The topological polar surface area (TPSA) is 92.7 Å². The van der Waals surface area contributed by atoms with Crippen LogP contribution >= 0.6 is 27.3 Å². The van der Waals surface area contributed by atoms with Crippen LogP contribution in [0.4, 0.5) is 0 Å². The molecule has 0 spiro atoms. The molecule has 114 valence electrons. The van der Waals surface area contributed by atoms with Crippen molar-refractivity contribution < 1.29 is 23.1 Å². The van der Waals surface area contributed by atoms with Gasteiger partial charge in [0.15, 0.2) is 0 Å². The third-order valence-electron chi connectivity index (χ3n) is 2.46. The lowest BCUT2D eigenvalue weighted by Crippen LogP contribution is -2.24. The fourth-order valence-corrected chi connectivity index (χ4v) is 4.99. The number of methoxy groups -OCH3 is 1. The van der Waals surface area contributed by atoms with Gasteiger partial charge < -0.3 is 9.84 Å². The average Bonchev–Trinajstić information content (AvgIpc) is 2.80. The molecule has 0 fully saturated rings. The van der Waals surface area contributed by atoms with Crippen LogP contribution in [0.2, 0.25) is 0 Å². The van der Waals surface area contributed by atoms with Crippen LogP contribution in [0.15, 0.2) is 14.7 Å². The second-order valence-corrected chi connectivity index (χ2v) is 8.03. The predicted octanol–water partition coefficient (Wildman–Crippen LogP) is 1.74. The zero-order valence-corrected chi connectivity index (χ0v) is 14.1. The van der Waals surface area contributed by atoms with Gasteiger partial charge in [-0.2, -0.15) is 0 Å². The largest absolute Gasteiger partial charge is 0.465 e. The van der Waals surface area contributed by atoms with Gasteiger partial charge in [0.2, 0.25) is 10.0 Å². The van der Waals surface area contributed by atoms with Crippen molar-refractivity contribution in [2.24, 2.45) is 0 Å². The van der Waals surface area contributed by atoms with Crippen molar-refractivity contribution in [3.8, 4) is 0 Å². The monoisotopic (exact) mass is 385 g/mol. The number of esters is 1. The maximum absolute atomic E-state index is 12.1. The number of rotatable bonds is 8. The van der Waals surface area contributed by atoms with Crippen LogP contribution in [0.25, 0.3) is 0 Å². The molecule has 0 unspecified atom stereocenters. The second-order valence-electron chi connectivity index (χ2n) is 3.92. The van der Waals surface area contributed by atoms with Gasteiger partial charge in [-0.05, 0) is 41.3 Å². The summed E-state index contributed by atoms with van der Waals surface area (Å²) in [4.78, 5) is 11.6. The summed E-state index contributed by atoms with van der Waals surface area (Å²) >= 11 is 4.15. The SMILES string of the molecule is COC(=O)c1cc(S(=O)(=O)NCCCCCO)c(Br)s1. The van der Waals surface area contributed by atoms with E-state index in [2.05, 4.69) is 25.4 Å². The van der Waals surface area contributed by atoms with Crippen LogP contribution in [0.1, 0.15) is 28.9 Å². The summed E-state index contributed by atoms with van der Waals surface area (Å²) in [6, 6.07) is 1.29. The molecule has 0 bridgehead atoms. The van der Waals surface area contributed by atoms with Gasteiger partial charge in [0.1, 0.15) is 9.77 Å². The molecular weight excluding hydrogens is 370 g/mol. The van der Waals surface area contributed by atoms with Crippen LogP contribution in [0.3, 0.4) is 0 Å². The number of ether oxygens (including phenoxy) is 1. The Morgan fingerprint density at radius 1 is 1.45 bits per heavy atom. The van der Waals surface area contributed by atoms with Gasteiger partial charge in [0.05, 0.1) is 10.9 Å². The van der Waals surface area contributed by atoms with Gasteiger partial charge in [-0.3, -0.25) is 0 Å². The number of nitrogens with one attached hydrogen (secondary N) is 1. The first-order valence-corrected chi connectivity index (χ1v) is 9.00. The first-order chi connectivity index (χ1) is 9.42. The second kappa shape index (κ2) is 8.08. The van der Waals surface area contributed by atoms with Crippen molar-refractivity contribution in [3.05, 3.63) is 14.7 Å². The van der Waals surface area contributed by atoms with E-state index in [1.54, 1.807) is 0 Å². The van der Waals surface area contributed by atoms with Crippen molar-refractivity contribution in [2.45, 2.75) is 24.2 Å². The number of thiophene rings is 1. The zero-order chi connectivity index (χ0) is 15.2. The lowest BCUT2D eigenvalue weighted by molar-refractivity contribution is 0.0606. The molecule has 6 nitrogen and oxygen atoms in total. The Morgan fingerprint density at radius 2 is 2.15 bits per heavy atom. The maximum atomic E-state index is 12.1. The number of aliphatic hydroxyl groups excluding tert-OH is 1. The van der Waals surface area contributed by atoms with E-state index in [1.807, 2.05) is 0 Å². The Kier molecular flexibility index (Phi) is 7.10. The van der Waals surface area contributed by atoms with E-state index in [1.165, 1.54) is 13.2 Å². The van der Waals surface area contributed by atoms with Gasteiger partial charge in [0.25, 0.3) is 0 Å². The number of hydrogen-bond donors (Lipinski definition) is 2. The van der Waals surface area contributed by atoms with Crippen LogP contribution in [0, 0.1) is 0 Å². The number of sulfonamides is 1. The Morgan fingerprint density at radius 3 is 2.75 bits per heavy atom. The Hall–Kier alpha value is -0.480. The molecule has 0 saturated carbocycles. The summed E-state index contributed by atoms with van der Waals surface area (Å²) in [7, 11) is -2.42. The number of unbranched alkanes of at least 4 members (excludes halogenated alkanes) is 2. The van der Waals surface area contributed by atoms with E-state index < -0.39 is 16.0 Å². The molecule has 9 heteroatoms. The summed E-state index contributed by atoms with van der Waals surface area (Å²) in [5.41, 5.74) is 0. The summed E-state index contributed by atoms with van der Waals surface area (Å²) in [6.07, 6.45) is 2.04. The highest BCUT2D eigenvalue weighted by Crippen LogP contribution is 2.31. The van der Waals surface area contributed by atoms with Crippen molar-refractivity contribution in [1.29, 1.82) is 0 Å². The molecule has 1 aromatic rings. The van der Waals surface area contributed by atoms with Gasteiger partial charge in [0, 0.05) is 13.2 Å². The molecule has 0 aliphatic rings. The minimum absolute atomic E-state index is 0.0325. The van der Waals surface area contributed by atoms with Crippen LogP contribution in [0.5, 0.6) is 0 Å². The normalized spacial score (nSPS) is 11.6. The quantitative estimate of drug-likeness (QED) is 0.525. The molecule has 0 atom stereocenters. The Balaban J connectivity index is 2.72. The molecule has 0 aromatic carbocycles. The lowest BCUT2D eigenvalue weighted by atomic mass is 10.2. The number of hydrogen-bond acceptors (Lipinski definition) is 6. The van der Waals surface area contributed by atoms with Crippen molar-refractivity contribution in [3.63, 3.8) is 0 Å². The number of carbonyl (C=O) groups excluding carboxylic acids is 1. The van der Waals surface area contributed by atoms with Crippen LogP contribution < -0.4 is 4.72 Å². The van der Waals surface area contributed by atoms with Crippen molar-refractivity contribution >= 4 is 43.3 Å². The highest BCUT2D eigenvalue weighted by atomic mass is 79.9. The first kappa shape index (κ1) is 17.6. The Bertz CT molecular complexity index is 555. The number of halogens is 1. The fraction of sp³-hybridized carbons (Fsp3) is 0.545. The molecule has 1 rings (SSSR count). The average molecular weight is 386 g/mol. The third kappa shape index (κ3) is 4.81. The fourth-order valence-electron chi connectivity index (χ4n) is 1.43. The molecule has 1 heterocycles. The van der Waals surface area contributed by atoms with Gasteiger partial charge >= 0.3 is 5.97 Å². The summed E-state index contributed by atoms with van der Waals surface area (Å²) in [5, 5.41) is 8.63. The zero-order valence-electron chi connectivity index (χ0n) is 10.9. The van der Waals surface area contributed by atoms with Gasteiger partial charge in [-0.1, -0.05) is 0 Å². The number of aliphatic hydroxyl groups is 1. The van der Waals surface area contributed by atoms with E-state index in [-0.39, 0.29) is 22.9 Å². The molecule has 0 saturated heterocycles. The third-order valence-corrected chi connectivity index (χ3v) is 6.15. The molecule has 20 heavy (non-hydrogen) atoms. The molecular formula is C11H16BrNO5S2. The first-order valence-electron chi connectivity index (χ1n) is 5.90. The molecule has 0 aliphatic heterocycles. The maximum Gasteiger partial charge on any atom is 0.348 e. The molecule has 0 amide bonds. The highest BCUT2D eigenvalue weighted by Gasteiger charge is 2.23. The minimum atomic E-state index is -3.66. The lowest BCUT2D eigenvalue weighted by Gasteiger charge is -2.05. The predicted molar refractivity (Wildman–Crippen MR) is 79.5 cm³/mol. The summed E-state index contributed by atoms with van der Waals surface area (Å²) < 4.78 is 31.5. The van der Waals surface area contributed by atoms with E-state index in [0.717, 1.165) is 17.8 Å². The standard InChI is InChI=1S/C11H16BrNO5S2/c1-18-11(15)8-7-9(10(12)19-8)20(16,17)13-5-3-2-4-6-14/h7,13-14H,2-6H2,1H3. The van der Waals surface area contributed by atoms with Gasteiger partial charge in [-0.25, -0.2) is 17.9 Å². The van der Waals surface area contributed by atoms with E-state index >= 15 is 0 Å². The van der Waals surface area contributed by atoms with Gasteiger partial charge in [-0.15, -0.1) is 11.3 Å². The van der Waals surface area contributed by atoms with E-state index in [9.17, 15) is 13.2 Å². The van der Waals surface area contributed by atoms with Crippen molar-refractivity contribution in [2.75, 3.05) is 20.3 Å². The van der Waals surface area contributed by atoms with E-state index in [0.29, 0.717) is 16.6 Å². The van der Waals surface area contributed by atoms with E-state index in [4.69, 9.17) is 5.11 Å². The van der Waals surface area contributed by atoms with Crippen LogP contribution in [-0.4, -0.2) is 39.8 Å². The number of carbonyl (C=O) groups is 1. The summed E-state index contributed by atoms with van der Waals surface area (Å²) in [5.74, 6) is -0.569.